The van der Waals surface area contributed by atoms with Crippen LogP contribution >= 0.6 is 0 Å². The molecule has 0 saturated heterocycles. The van der Waals surface area contributed by atoms with Crippen molar-refractivity contribution in [3.05, 3.63) is 42.0 Å². The van der Waals surface area contributed by atoms with Gasteiger partial charge in [0.1, 0.15) is 5.75 Å². The Morgan fingerprint density at radius 3 is 2.92 bits per heavy atom. The second kappa shape index (κ2) is 6.75. The van der Waals surface area contributed by atoms with E-state index >= 15 is 0 Å². The van der Waals surface area contributed by atoms with Crippen LogP contribution in [0.2, 0.25) is 0 Å². The minimum atomic E-state index is 0.0637. The molecule has 0 aliphatic heterocycles. The zero-order valence-corrected chi connectivity index (χ0v) is 15.5. The van der Waals surface area contributed by atoms with Crippen LogP contribution < -0.4 is 10.2 Å². The van der Waals surface area contributed by atoms with Crippen molar-refractivity contribution in [2.75, 3.05) is 6.61 Å². The summed E-state index contributed by atoms with van der Waals surface area (Å²) in [5.41, 5.74) is 3.89. The van der Waals surface area contributed by atoms with Crippen LogP contribution in [0.25, 0.3) is 10.8 Å². The molecule has 2 aliphatic rings. The lowest BCUT2D eigenvalue weighted by molar-refractivity contribution is -0.123. The Bertz CT molecular complexity index is 860. The van der Waals surface area contributed by atoms with Crippen molar-refractivity contribution in [2.24, 2.45) is 22.4 Å². The highest BCUT2D eigenvalue weighted by Crippen LogP contribution is 2.66. The normalized spacial score (nSPS) is 27.3. The number of hydrazone groups is 1. The fourth-order valence-electron chi connectivity index (χ4n) is 4.77. The van der Waals surface area contributed by atoms with Gasteiger partial charge in [-0.1, -0.05) is 50.1 Å². The van der Waals surface area contributed by atoms with E-state index in [1.165, 1.54) is 19.3 Å². The second-order valence-corrected chi connectivity index (χ2v) is 7.70. The average Bonchev–Trinajstić information content (AvgIpc) is 3.29. The molecule has 136 valence electrons. The van der Waals surface area contributed by atoms with Crippen LogP contribution in [-0.4, -0.2) is 18.7 Å². The van der Waals surface area contributed by atoms with Crippen LogP contribution in [0.5, 0.6) is 5.75 Å². The predicted molar refractivity (Wildman–Crippen MR) is 104 cm³/mol. The summed E-state index contributed by atoms with van der Waals surface area (Å²) in [6, 6.07) is 12.1. The highest BCUT2D eigenvalue weighted by molar-refractivity contribution is 6.02. The first-order valence-electron chi connectivity index (χ1n) is 9.62. The van der Waals surface area contributed by atoms with Crippen LogP contribution in [0, 0.1) is 17.3 Å². The molecule has 3 unspecified atom stereocenters. The maximum atomic E-state index is 12.6. The lowest BCUT2D eigenvalue weighted by atomic mass is 9.90. The number of fused-ring (bicyclic) bond motifs is 2. The van der Waals surface area contributed by atoms with Gasteiger partial charge in [-0.3, -0.25) is 4.79 Å². The molecule has 2 aromatic carbocycles. The van der Waals surface area contributed by atoms with Gasteiger partial charge >= 0.3 is 0 Å². The van der Waals surface area contributed by atoms with Gasteiger partial charge in [0.05, 0.1) is 12.8 Å². The third-order valence-corrected chi connectivity index (χ3v) is 6.21. The minimum Gasteiger partial charge on any atom is -0.493 e. The van der Waals surface area contributed by atoms with E-state index in [4.69, 9.17) is 4.74 Å². The van der Waals surface area contributed by atoms with E-state index < -0.39 is 0 Å². The predicted octanol–water partition coefficient (Wildman–Crippen LogP) is 4.51. The van der Waals surface area contributed by atoms with Crippen molar-refractivity contribution < 1.29 is 9.53 Å². The van der Waals surface area contributed by atoms with Gasteiger partial charge in [0.15, 0.2) is 0 Å². The van der Waals surface area contributed by atoms with Crippen molar-refractivity contribution in [3.63, 3.8) is 0 Å². The van der Waals surface area contributed by atoms with Gasteiger partial charge in [-0.05, 0) is 47.9 Å². The van der Waals surface area contributed by atoms with Gasteiger partial charge in [-0.25, -0.2) is 5.43 Å². The minimum absolute atomic E-state index is 0.0637. The molecule has 3 atom stereocenters. The lowest BCUT2D eigenvalue weighted by Gasteiger charge is -2.15. The second-order valence-electron chi connectivity index (χ2n) is 7.70. The van der Waals surface area contributed by atoms with Gasteiger partial charge in [0, 0.05) is 11.5 Å². The number of nitrogens with one attached hydrogen (secondary N) is 1. The molecular formula is C22H26N2O2. The molecule has 0 heterocycles. The largest absolute Gasteiger partial charge is 0.493 e. The van der Waals surface area contributed by atoms with Gasteiger partial charge < -0.3 is 4.74 Å². The number of nitrogens with zero attached hydrogens (tertiary/aromatic N) is 1. The van der Waals surface area contributed by atoms with Crippen LogP contribution in [0.1, 0.15) is 45.1 Å². The summed E-state index contributed by atoms with van der Waals surface area (Å²) in [5, 5.41) is 6.48. The fourth-order valence-corrected chi connectivity index (χ4v) is 4.77. The summed E-state index contributed by atoms with van der Waals surface area (Å²) in [4.78, 5) is 12.6. The molecule has 2 saturated carbocycles. The standard InChI is InChI=1S/C22H26N2O2/c1-3-26-19-12-11-15-8-4-5-9-16(15)17(19)14-23-24-21(25)20-18-10-6-7-13-22(18,20)2/h4-5,8-9,11-12,14,18,20H,3,6-7,10,13H2,1-2H3,(H,24,25)/b23-14+. The molecule has 4 nitrogen and oxygen atoms in total. The van der Waals surface area contributed by atoms with Crippen molar-refractivity contribution in [1.29, 1.82) is 0 Å². The Morgan fingerprint density at radius 2 is 2.15 bits per heavy atom. The summed E-state index contributed by atoms with van der Waals surface area (Å²) >= 11 is 0. The van der Waals surface area contributed by atoms with E-state index in [0.717, 1.165) is 28.5 Å². The van der Waals surface area contributed by atoms with Crippen LogP contribution in [-0.2, 0) is 4.79 Å². The molecule has 2 fully saturated rings. The van der Waals surface area contributed by atoms with E-state index in [1.807, 2.05) is 31.2 Å². The molecule has 0 spiro atoms. The molecular weight excluding hydrogens is 324 g/mol. The summed E-state index contributed by atoms with van der Waals surface area (Å²) in [6.07, 6.45) is 6.56. The van der Waals surface area contributed by atoms with Crippen LogP contribution in [0.4, 0.5) is 0 Å². The number of carbonyl (C=O) groups is 1. The first kappa shape index (κ1) is 17.1. The van der Waals surface area contributed by atoms with Crippen molar-refractivity contribution in [1.82, 2.24) is 5.43 Å². The van der Waals surface area contributed by atoms with Gasteiger partial charge in [0.25, 0.3) is 0 Å². The molecule has 26 heavy (non-hydrogen) atoms. The van der Waals surface area contributed by atoms with Gasteiger partial charge in [-0.2, -0.15) is 5.10 Å². The molecule has 1 amide bonds. The summed E-state index contributed by atoms with van der Waals surface area (Å²) in [7, 11) is 0. The van der Waals surface area contributed by atoms with E-state index in [2.05, 4.69) is 29.6 Å². The molecule has 4 rings (SSSR count). The SMILES string of the molecule is CCOc1ccc2ccccc2c1/C=N/NC(=O)C1C2CCCCC21C. The first-order chi connectivity index (χ1) is 12.6. The Hall–Kier alpha value is -2.36. The highest BCUT2D eigenvalue weighted by atomic mass is 16.5. The summed E-state index contributed by atoms with van der Waals surface area (Å²) in [6.45, 7) is 4.81. The van der Waals surface area contributed by atoms with Gasteiger partial charge in [0.2, 0.25) is 5.91 Å². The van der Waals surface area contributed by atoms with E-state index in [9.17, 15) is 4.79 Å². The quantitative estimate of drug-likeness (QED) is 0.637. The van der Waals surface area contributed by atoms with E-state index in [0.29, 0.717) is 12.5 Å². The van der Waals surface area contributed by atoms with Crippen molar-refractivity contribution >= 4 is 22.9 Å². The molecule has 0 aromatic heterocycles. The average molecular weight is 350 g/mol. The Balaban J connectivity index is 1.53. The van der Waals surface area contributed by atoms with Crippen molar-refractivity contribution in [2.45, 2.75) is 39.5 Å². The summed E-state index contributed by atoms with van der Waals surface area (Å²) in [5.74, 6) is 1.52. The Morgan fingerprint density at radius 1 is 1.31 bits per heavy atom. The fraction of sp³-hybridized carbons (Fsp3) is 0.455. The maximum absolute atomic E-state index is 12.6. The monoisotopic (exact) mass is 350 g/mol. The topological polar surface area (TPSA) is 50.7 Å². The zero-order valence-electron chi connectivity index (χ0n) is 15.5. The molecule has 0 bridgehead atoms. The lowest BCUT2D eigenvalue weighted by Crippen LogP contribution is -2.22. The molecule has 0 radical (unpaired) electrons. The number of hydrogen-bond donors (Lipinski definition) is 1. The van der Waals surface area contributed by atoms with E-state index in [1.54, 1.807) is 6.21 Å². The van der Waals surface area contributed by atoms with E-state index in [-0.39, 0.29) is 17.2 Å². The van der Waals surface area contributed by atoms with Crippen LogP contribution in [0.3, 0.4) is 0 Å². The smallest absolute Gasteiger partial charge is 0.244 e. The van der Waals surface area contributed by atoms with Crippen LogP contribution in [0.15, 0.2) is 41.5 Å². The van der Waals surface area contributed by atoms with Gasteiger partial charge in [-0.15, -0.1) is 0 Å². The number of amides is 1. The number of ether oxygens (including phenoxy) is 1. The molecule has 4 heteroatoms. The highest BCUT2D eigenvalue weighted by Gasteiger charge is 2.64. The summed E-state index contributed by atoms with van der Waals surface area (Å²) < 4.78 is 5.75. The Labute approximate surface area is 154 Å². The number of hydrogen-bond acceptors (Lipinski definition) is 3. The zero-order chi connectivity index (χ0) is 18.1. The molecule has 1 N–H and O–H groups in total. The molecule has 2 aliphatic carbocycles. The Kier molecular flexibility index (Phi) is 4.43. The third-order valence-electron chi connectivity index (χ3n) is 6.21. The third kappa shape index (κ3) is 2.87. The number of carbonyl (C=O) groups excluding carboxylic acids is 1. The van der Waals surface area contributed by atoms with Crippen molar-refractivity contribution in [3.8, 4) is 5.75 Å². The number of benzene rings is 2. The maximum Gasteiger partial charge on any atom is 0.244 e. The molecule has 2 aromatic rings. The first-order valence-corrected chi connectivity index (χ1v) is 9.62. The number of rotatable bonds is 5.